The van der Waals surface area contributed by atoms with Crippen molar-refractivity contribution in [2.75, 3.05) is 27.2 Å². The Bertz CT molecular complexity index is 264. The molecule has 0 aliphatic rings. The van der Waals surface area contributed by atoms with E-state index < -0.39 is 0 Å². The highest BCUT2D eigenvalue weighted by molar-refractivity contribution is 7.11. The Hall–Kier alpha value is 0.200. The Morgan fingerprint density at radius 2 is 1.94 bits per heavy atom. The third-order valence-electron chi connectivity index (χ3n) is 2.05. The molecule has 0 aromatic carbocycles. The Morgan fingerprint density at radius 1 is 1.25 bits per heavy atom. The highest BCUT2D eigenvalue weighted by Gasteiger charge is 1.95. The highest BCUT2D eigenvalue weighted by Crippen LogP contribution is 2.14. The molecular weight excluding hydrogens is 263 g/mol. The van der Waals surface area contributed by atoms with E-state index in [1.807, 2.05) is 11.3 Å². The van der Waals surface area contributed by atoms with E-state index in [9.17, 15) is 0 Å². The molecule has 0 atom stereocenters. The van der Waals surface area contributed by atoms with Crippen molar-refractivity contribution in [1.82, 2.24) is 10.2 Å². The van der Waals surface area contributed by atoms with Crippen molar-refractivity contribution < 1.29 is 0 Å². The summed E-state index contributed by atoms with van der Waals surface area (Å²) >= 11 is 1.88. The van der Waals surface area contributed by atoms with Gasteiger partial charge >= 0.3 is 0 Å². The second-order valence-electron chi connectivity index (χ2n) is 3.85. The first-order chi connectivity index (χ1) is 6.68. The Morgan fingerprint density at radius 3 is 2.44 bits per heavy atom. The number of hydrogen-bond acceptors (Lipinski definition) is 3. The summed E-state index contributed by atoms with van der Waals surface area (Å²) in [6.45, 7) is 5.44. The quantitative estimate of drug-likeness (QED) is 0.808. The van der Waals surface area contributed by atoms with E-state index in [2.05, 4.69) is 43.4 Å². The number of nitrogens with one attached hydrogen (secondary N) is 1. The van der Waals surface area contributed by atoms with Gasteiger partial charge in [0.2, 0.25) is 0 Å². The van der Waals surface area contributed by atoms with Crippen LogP contribution >= 0.6 is 36.2 Å². The normalized spacial score (nSPS) is 9.75. The molecule has 0 spiro atoms. The molecule has 0 aliphatic heterocycles. The van der Waals surface area contributed by atoms with Crippen LogP contribution in [0.3, 0.4) is 0 Å². The van der Waals surface area contributed by atoms with Crippen molar-refractivity contribution in [1.29, 1.82) is 0 Å². The van der Waals surface area contributed by atoms with Gasteiger partial charge in [-0.2, -0.15) is 0 Å². The Balaban J connectivity index is 0. The van der Waals surface area contributed by atoms with Gasteiger partial charge in [0.15, 0.2) is 0 Å². The zero-order valence-corrected chi connectivity index (χ0v) is 12.6. The Labute approximate surface area is 115 Å². The standard InChI is InChI=1S/C11H20N2S.2ClH/c1-10-5-6-11(14-10)9-12-7-4-8-13(2)3;;/h5-6,12H,4,7-9H2,1-3H3;2*1H. The molecular formula is C11H22Cl2N2S. The summed E-state index contributed by atoms with van der Waals surface area (Å²) in [4.78, 5) is 5.05. The SMILES string of the molecule is Cc1ccc(CNCCCN(C)C)s1.Cl.Cl. The molecule has 0 saturated heterocycles. The van der Waals surface area contributed by atoms with Gasteiger partial charge in [-0.1, -0.05) is 0 Å². The largest absolute Gasteiger partial charge is 0.312 e. The lowest BCUT2D eigenvalue weighted by atomic mass is 10.4. The third kappa shape index (κ3) is 8.36. The maximum Gasteiger partial charge on any atom is 0.0299 e. The molecule has 0 fully saturated rings. The van der Waals surface area contributed by atoms with Crippen molar-refractivity contribution >= 4 is 36.2 Å². The topological polar surface area (TPSA) is 15.3 Å². The lowest BCUT2D eigenvalue weighted by Gasteiger charge is -2.09. The molecule has 0 bridgehead atoms. The molecule has 1 aromatic rings. The van der Waals surface area contributed by atoms with Crippen LogP contribution in [0.4, 0.5) is 0 Å². The van der Waals surface area contributed by atoms with Crippen LogP contribution in [0.5, 0.6) is 0 Å². The van der Waals surface area contributed by atoms with Gasteiger partial charge in [0.25, 0.3) is 0 Å². The summed E-state index contributed by atoms with van der Waals surface area (Å²) in [6, 6.07) is 4.39. The number of nitrogens with zero attached hydrogens (tertiary/aromatic N) is 1. The van der Waals surface area contributed by atoms with E-state index in [4.69, 9.17) is 0 Å². The molecule has 5 heteroatoms. The zero-order valence-electron chi connectivity index (χ0n) is 10.2. The fourth-order valence-corrected chi connectivity index (χ4v) is 2.17. The first kappa shape index (κ1) is 18.6. The number of rotatable bonds is 6. The summed E-state index contributed by atoms with van der Waals surface area (Å²) in [7, 11) is 4.23. The van der Waals surface area contributed by atoms with E-state index in [0.717, 1.165) is 19.6 Å². The number of aryl methyl sites for hydroxylation is 1. The smallest absolute Gasteiger partial charge is 0.0299 e. The minimum Gasteiger partial charge on any atom is -0.312 e. The van der Waals surface area contributed by atoms with Crippen LogP contribution in [-0.4, -0.2) is 32.1 Å². The monoisotopic (exact) mass is 284 g/mol. The van der Waals surface area contributed by atoms with Crippen LogP contribution in [0.1, 0.15) is 16.2 Å². The molecule has 1 heterocycles. The first-order valence-electron chi connectivity index (χ1n) is 5.09. The minimum absolute atomic E-state index is 0. The van der Waals surface area contributed by atoms with Gasteiger partial charge in [-0.25, -0.2) is 0 Å². The second-order valence-corrected chi connectivity index (χ2v) is 5.22. The fourth-order valence-electron chi connectivity index (χ4n) is 1.31. The average Bonchev–Trinajstić information content (AvgIpc) is 2.50. The maximum absolute atomic E-state index is 3.45. The molecule has 0 radical (unpaired) electrons. The van der Waals surface area contributed by atoms with Gasteiger partial charge < -0.3 is 10.2 Å². The molecule has 1 aromatic heterocycles. The number of thiophene rings is 1. The molecule has 0 unspecified atom stereocenters. The second kappa shape index (κ2) is 10.4. The van der Waals surface area contributed by atoms with Gasteiger partial charge in [0.05, 0.1) is 0 Å². The molecule has 0 aliphatic carbocycles. The first-order valence-corrected chi connectivity index (χ1v) is 5.91. The van der Waals surface area contributed by atoms with Gasteiger partial charge in [0.1, 0.15) is 0 Å². The van der Waals surface area contributed by atoms with E-state index in [1.165, 1.54) is 16.2 Å². The van der Waals surface area contributed by atoms with Crippen LogP contribution in [0.2, 0.25) is 0 Å². The lowest BCUT2D eigenvalue weighted by molar-refractivity contribution is 0.394. The number of hydrogen-bond donors (Lipinski definition) is 1. The van der Waals surface area contributed by atoms with E-state index >= 15 is 0 Å². The minimum atomic E-state index is 0. The molecule has 1 N–H and O–H groups in total. The molecule has 96 valence electrons. The van der Waals surface area contributed by atoms with Crippen molar-refractivity contribution in [3.8, 4) is 0 Å². The number of halogens is 2. The maximum atomic E-state index is 3.45. The fraction of sp³-hybridized carbons (Fsp3) is 0.636. The van der Waals surface area contributed by atoms with Gasteiger partial charge in [-0.3, -0.25) is 0 Å². The van der Waals surface area contributed by atoms with Crippen molar-refractivity contribution in [2.24, 2.45) is 0 Å². The van der Waals surface area contributed by atoms with Crippen molar-refractivity contribution in [3.05, 3.63) is 21.9 Å². The van der Waals surface area contributed by atoms with Crippen LogP contribution in [0.15, 0.2) is 12.1 Å². The van der Waals surface area contributed by atoms with Crippen LogP contribution in [-0.2, 0) is 6.54 Å². The summed E-state index contributed by atoms with van der Waals surface area (Å²) in [6.07, 6.45) is 1.22. The van der Waals surface area contributed by atoms with Gasteiger partial charge in [-0.05, 0) is 52.7 Å². The average molecular weight is 285 g/mol. The van der Waals surface area contributed by atoms with Crippen molar-refractivity contribution in [2.45, 2.75) is 19.9 Å². The molecule has 16 heavy (non-hydrogen) atoms. The van der Waals surface area contributed by atoms with E-state index in [-0.39, 0.29) is 24.8 Å². The van der Waals surface area contributed by atoms with Gasteiger partial charge in [0, 0.05) is 16.3 Å². The molecule has 0 saturated carbocycles. The summed E-state index contributed by atoms with van der Waals surface area (Å²) in [5.41, 5.74) is 0. The van der Waals surface area contributed by atoms with E-state index in [1.54, 1.807) is 0 Å². The molecule has 0 amide bonds. The highest BCUT2D eigenvalue weighted by atomic mass is 35.5. The predicted molar refractivity (Wildman–Crippen MR) is 78.4 cm³/mol. The lowest BCUT2D eigenvalue weighted by Crippen LogP contribution is -2.20. The third-order valence-corrected chi connectivity index (χ3v) is 3.05. The van der Waals surface area contributed by atoms with Crippen molar-refractivity contribution in [3.63, 3.8) is 0 Å². The zero-order chi connectivity index (χ0) is 10.4. The summed E-state index contributed by atoms with van der Waals surface area (Å²) < 4.78 is 0. The predicted octanol–water partition coefficient (Wildman–Crippen LogP) is 2.94. The molecule has 2 nitrogen and oxygen atoms in total. The van der Waals surface area contributed by atoms with Crippen LogP contribution in [0.25, 0.3) is 0 Å². The summed E-state index contributed by atoms with van der Waals surface area (Å²) in [5.74, 6) is 0. The summed E-state index contributed by atoms with van der Waals surface area (Å²) in [5, 5.41) is 3.45. The van der Waals surface area contributed by atoms with Gasteiger partial charge in [-0.15, -0.1) is 36.2 Å². The Kier molecular flexibility index (Phi) is 12.0. The molecule has 1 rings (SSSR count). The van der Waals surface area contributed by atoms with Crippen LogP contribution in [0, 0.1) is 6.92 Å². The van der Waals surface area contributed by atoms with Crippen LogP contribution < -0.4 is 5.32 Å². The van der Waals surface area contributed by atoms with E-state index in [0.29, 0.717) is 0 Å².